The lowest BCUT2D eigenvalue weighted by molar-refractivity contribution is -0.144. The highest BCUT2D eigenvalue weighted by atomic mass is 16.4. The maximum absolute atomic E-state index is 11.5. The van der Waals surface area contributed by atoms with Crippen molar-refractivity contribution in [3.8, 4) is 0 Å². The van der Waals surface area contributed by atoms with Gasteiger partial charge < -0.3 is 15.3 Å². The predicted molar refractivity (Wildman–Crippen MR) is 87.6 cm³/mol. The lowest BCUT2D eigenvalue weighted by atomic mass is 9.96. The fourth-order valence-corrected chi connectivity index (χ4v) is 3.20. The van der Waals surface area contributed by atoms with E-state index in [-0.39, 0.29) is 0 Å². The number of rotatable bonds is 9. The van der Waals surface area contributed by atoms with Gasteiger partial charge in [0.2, 0.25) is 0 Å². The summed E-state index contributed by atoms with van der Waals surface area (Å²) in [5.41, 5.74) is -0.787. The third-order valence-corrected chi connectivity index (χ3v) is 4.80. The normalized spacial score (nSPS) is 23.5. The summed E-state index contributed by atoms with van der Waals surface area (Å²) in [6.07, 6.45) is 8.15. The zero-order valence-corrected chi connectivity index (χ0v) is 14.2. The molecule has 4 nitrogen and oxygen atoms in total. The molecular weight excluding hydrogens is 264 g/mol. The number of nitrogens with zero attached hydrogens (tertiary/aromatic N) is 1. The minimum absolute atomic E-state index is 0.681. The van der Waals surface area contributed by atoms with Gasteiger partial charge in [0.05, 0.1) is 0 Å². The second-order valence-electron chi connectivity index (χ2n) is 6.74. The van der Waals surface area contributed by atoms with Crippen molar-refractivity contribution in [2.45, 2.75) is 71.3 Å². The van der Waals surface area contributed by atoms with E-state index >= 15 is 0 Å². The molecule has 0 aromatic carbocycles. The molecule has 1 heterocycles. The van der Waals surface area contributed by atoms with E-state index in [0.717, 1.165) is 38.5 Å². The summed E-state index contributed by atoms with van der Waals surface area (Å²) in [6.45, 7) is 10.1. The van der Waals surface area contributed by atoms with Gasteiger partial charge in [0, 0.05) is 6.54 Å². The molecule has 4 heteroatoms. The van der Waals surface area contributed by atoms with Gasteiger partial charge in [0.25, 0.3) is 0 Å². The van der Waals surface area contributed by atoms with Crippen LogP contribution in [0.15, 0.2) is 0 Å². The Morgan fingerprint density at radius 2 is 2.05 bits per heavy atom. The smallest absolute Gasteiger partial charge is 0.323 e. The fourth-order valence-electron chi connectivity index (χ4n) is 3.20. The van der Waals surface area contributed by atoms with Gasteiger partial charge in [-0.05, 0) is 64.6 Å². The highest BCUT2D eigenvalue weighted by Crippen LogP contribution is 2.22. The van der Waals surface area contributed by atoms with E-state index in [1.807, 2.05) is 6.92 Å². The van der Waals surface area contributed by atoms with E-state index in [9.17, 15) is 9.90 Å². The molecule has 1 aliphatic rings. The minimum Gasteiger partial charge on any atom is -0.480 e. The molecule has 1 rings (SSSR count). The molecule has 0 bridgehead atoms. The van der Waals surface area contributed by atoms with Crippen LogP contribution in [0.1, 0.15) is 65.7 Å². The van der Waals surface area contributed by atoms with E-state index in [1.54, 1.807) is 0 Å². The number of hydrogen-bond acceptors (Lipinski definition) is 3. The summed E-state index contributed by atoms with van der Waals surface area (Å²) in [5.74, 6) is 0.152. The third kappa shape index (κ3) is 6.35. The molecule has 0 aromatic heterocycles. The third-order valence-electron chi connectivity index (χ3n) is 4.80. The van der Waals surface area contributed by atoms with Crippen molar-refractivity contribution in [1.29, 1.82) is 0 Å². The highest BCUT2D eigenvalue weighted by molar-refractivity contribution is 5.78. The zero-order valence-electron chi connectivity index (χ0n) is 14.2. The van der Waals surface area contributed by atoms with Gasteiger partial charge in [0.1, 0.15) is 5.54 Å². The van der Waals surface area contributed by atoms with Gasteiger partial charge in [0.15, 0.2) is 0 Å². The molecule has 1 fully saturated rings. The quantitative estimate of drug-likeness (QED) is 0.687. The van der Waals surface area contributed by atoms with Crippen molar-refractivity contribution in [2.24, 2.45) is 5.92 Å². The molecule has 2 atom stereocenters. The number of likely N-dealkylation sites (tertiary alicyclic amines) is 1. The van der Waals surface area contributed by atoms with Crippen LogP contribution < -0.4 is 5.32 Å². The summed E-state index contributed by atoms with van der Waals surface area (Å²) >= 11 is 0. The number of carboxylic acids is 1. The second-order valence-corrected chi connectivity index (χ2v) is 6.74. The standard InChI is InChI=1S/C17H34N2O2/c1-4-7-15-8-6-12-19(13-9-15)14-10-17(3,16(20)21)18-11-5-2/h15,18H,4-14H2,1-3H3,(H,20,21). The molecule has 124 valence electrons. The molecule has 21 heavy (non-hydrogen) atoms. The molecule has 2 unspecified atom stereocenters. The van der Waals surface area contributed by atoms with Crippen LogP contribution in [0.3, 0.4) is 0 Å². The molecular formula is C17H34N2O2. The van der Waals surface area contributed by atoms with Crippen LogP contribution in [0, 0.1) is 5.92 Å². The maximum atomic E-state index is 11.5. The first-order chi connectivity index (χ1) is 10.0. The Bertz CT molecular complexity index is 309. The maximum Gasteiger partial charge on any atom is 0.323 e. The van der Waals surface area contributed by atoms with Gasteiger partial charge in [-0.3, -0.25) is 4.79 Å². The molecule has 0 radical (unpaired) electrons. The molecule has 0 aliphatic carbocycles. The lowest BCUT2D eigenvalue weighted by Gasteiger charge is -2.29. The van der Waals surface area contributed by atoms with Crippen molar-refractivity contribution < 1.29 is 9.90 Å². The van der Waals surface area contributed by atoms with E-state index in [4.69, 9.17) is 0 Å². The van der Waals surface area contributed by atoms with Crippen LogP contribution in [-0.2, 0) is 4.79 Å². The van der Waals surface area contributed by atoms with Crippen LogP contribution in [0.25, 0.3) is 0 Å². The summed E-state index contributed by atoms with van der Waals surface area (Å²) in [4.78, 5) is 14.0. The molecule has 0 aromatic rings. The summed E-state index contributed by atoms with van der Waals surface area (Å²) in [5, 5.41) is 12.7. The average molecular weight is 298 g/mol. The Morgan fingerprint density at radius 1 is 1.29 bits per heavy atom. The number of hydrogen-bond donors (Lipinski definition) is 2. The summed E-state index contributed by atoms with van der Waals surface area (Å²) in [6, 6.07) is 0. The van der Waals surface area contributed by atoms with Crippen molar-refractivity contribution in [3.05, 3.63) is 0 Å². The molecule has 1 saturated heterocycles. The summed E-state index contributed by atoms with van der Waals surface area (Å²) in [7, 11) is 0. The van der Waals surface area contributed by atoms with Crippen LogP contribution >= 0.6 is 0 Å². The van der Waals surface area contributed by atoms with Crippen LogP contribution in [0.5, 0.6) is 0 Å². The van der Waals surface area contributed by atoms with Crippen molar-refractivity contribution in [2.75, 3.05) is 26.2 Å². The Labute approximate surface area is 130 Å². The first-order valence-electron chi connectivity index (χ1n) is 8.72. The van der Waals surface area contributed by atoms with E-state index < -0.39 is 11.5 Å². The summed E-state index contributed by atoms with van der Waals surface area (Å²) < 4.78 is 0. The number of carboxylic acid groups (broad SMARTS) is 1. The average Bonchev–Trinajstić information content (AvgIpc) is 2.68. The molecule has 2 N–H and O–H groups in total. The van der Waals surface area contributed by atoms with Crippen molar-refractivity contribution in [3.63, 3.8) is 0 Å². The van der Waals surface area contributed by atoms with Gasteiger partial charge in [-0.2, -0.15) is 0 Å². The number of aliphatic carboxylic acids is 1. The lowest BCUT2D eigenvalue weighted by Crippen LogP contribution is -2.51. The number of nitrogens with one attached hydrogen (secondary N) is 1. The second kappa shape index (κ2) is 9.42. The molecule has 0 amide bonds. The predicted octanol–water partition coefficient (Wildman–Crippen LogP) is 3.12. The van der Waals surface area contributed by atoms with Crippen LogP contribution in [0.4, 0.5) is 0 Å². The minimum atomic E-state index is -0.787. The van der Waals surface area contributed by atoms with Gasteiger partial charge >= 0.3 is 5.97 Å². The Kier molecular flexibility index (Phi) is 8.27. The largest absolute Gasteiger partial charge is 0.480 e. The highest BCUT2D eigenvalue weighted by Gasteiger charge is 2.32. The van der Waals surface area contributed by atoms with E-state index in [2.05, 4.69) is 24.1 Å². The van der Waals surface area contributed by atoms with Crippen molar-refractivity contribution in [1.82, 2.24) is 10.2 Å². The Morgan fingerprint density at radius 3 is 2.67 bits per heavy atom. The van der Waals surface area contributed by atoms with E-state index in [0.29, 0.717) is 6.42 Å². The van der Waals surface area contributed by atoms with E-state index in [1.165, 1.54) is 32.1 Å². The molecule has 1 aliphatic heterocycles. The van der Waals surface area contributed by atoms with Crippen molar-refractivity contribution >= 4 is 5.97 Å². The van der Waals surface area contributed by atoms with Gasteiger partial charge in [-0.1, -0.05) is 26.7 Å². The monoisotopic (exact) mass is 298 g/mol. The SMILES string of the molecule is CCCNC(C)(CCN1CCCC(CCC)CC1)C(=O)O. The molecule has 0 saturated carbocycles. The first-order valence-corrected chi connectivity index (χ1v) is 8.72. The van der Waals surface area contributed by atoms with Crippen LogP contribution in [0.2, 0.25) is 0 Å². The Balaban J connectivity index is 2.43. The molecule has 0 spiro atoms. The number of carbonyl (C=O) groups is 1. The zero-order chi connectivity index (χ0) is 15.7. The Hall–Kier alpha value is -0.610. The fraction of sp³-hybridized carbons (Fsp3) is 0.941. The topological polar surface area (TPSA) is 52.6 Å². The van der Waals surface area contributed by atoms with Gasteiger partial charge in [-0.15, -0.1) is 0 Å². The van der Waals surface area contributed by atoms with Gasteiger partial charge in [-0.25, -0.2) is 0 Å². The first kappa shape index (κ1) is 18.4. The van der Waals surface area contributed by atoms with Crippen LogP contribution in [-0.4, -0.2) is 47.7 Å².